The van der Waals surface area contributed by atoms with Crippen LogP contribution in [-0.4, -0.2) is 23.8 Å². The maximum Gasteiger partial charge on any atom is 0.259 e. The van der Waals surface area contributed by atoms with E-state index in [4.69, 9.17) is 16.3 Å². The fourth-order valence-corrected chi connectivity index (χ4v) is 2.43. The zero-order valence-corrected chi connectivity index (χ0v) is 13.2. The van der Waals surface area contributed by atoms with E-state index in [1.807, 2.05) is 0 Å². The molecule has 0 unspecified atom stereocenters. The summed E-state index contributed by atoms with van der Waals surface area (Å²) in [5.74, 6) is -0.0833. The molecule has 22 heavy (non-hydrogen) atoms. The maximum atomic E-state index is 12.0. The highest BCUT2D eigenvalue weighted by atomic mass is 35.5. The van der Waals surface area contributed by atoms with Crippen LogP contribution in [0.15, 0.2) is 18.2 Å². The standard InChI is InChI=1S/C16H17ClN2O3/c1-10(20)13-7-12(17)5-6-14(13)22-8-15(21)19-16(2,9-18)11-3-4-11/h5-7,11H,3-4,8H2,1-2H3,(H,19,21)/t16-/m1/s1. The van der Waals surface area contributed by atoms with Gasteiger partial charge in [0.25, 0.3) is 5.91 Å². The zero-order valence-electron chi connectivity index (χ0n) is 12.5. The van der Waals surface area contributed by atoms with Gasteiger partial charge in [0.2, 0.25) is 0 Å². The molecule has 1 saturated carbocycles. The van der Waals surface area contributed by atoms with Crippen molar-refractivity contribution in [3.63, 3.8) is 0 Å². The van der Waals surface area contributed by atoms with E-state index in [1.165, 1.54) is 13.0 Å². The average Bonchev–Trinajstić information content (AvgIpc) is 3.30. The Morgan fingerprint density at radius 1 is 1.50 bits per heavy atom. The molecule has 0 aromatic heterocycles. The number of ether oxygens (including phenoxy) is 1. The molecule has 1 aromatic rings. The van der Waals surface area contributed by atoms with Gasteiger partial charge in [-0.15, -0.1) is 0 Å². The number of hydrogen-bond donors (Lipinski definition) is 1. The van der Waals surface area contributed by atoms with Gasteiger partial charge in [-0.25, -0.2) is 0 Å². The van der Waals surface area contributed by atoms with Crippen LogP contribution in [0.2, 0.25) is 5.02 Å². The highest BCUT2D eigenvalue weighted by Crippen LogP contribution is 2.39. The van der Waals surface area contributed by atoms with Gasteiger partial charge in [-0.1, -0.05) is 11.6 Å². The van der Waals surface area contributed by atoms with E-state index in [-0.39, 0.29) is 24.2 Å². The van der Waals surface area contributed by atoms with E-state index in [2.05, 4.69) is 11.4 Å². The lowest BCUT2D eigenvalue weighted by molar-refractivity contribution is -0.124. The third kappa shape index (κ3) is 3.77. The molecule has 0 aliphatic heterocycles. The van der Waals surface area contributed by atoms with Crippen LogP contribution in [0.3, 0.4) is 0 Å². The Morgan fingerprint density at radius 3 is 2.73 bits per heavy atom. The Hall–Kier alpha value is -2.06. The first-order valence-corrected chi connectivity index (χ1v) is 7.39. The Morgan fingerprint density at radius 2 is 2.18 bits per heavy atom. The molecular weight excluding hydrogens is 304 g/mol. The first kappa shape index (κ1) is 16.3. The fourth-order valence-electron chi connectivity index (χ4n) is 2.25. The van der Waals surface area contributed by atoms with Crippen molar-refractivity contribution in [1.29, 1.82) is 5.26 Å². The van der Waals surface area contributed by atoms with Crippen LogP contribution < -0.4 is 10.1 Å². The van der Waals surface area contributed by atoms with Crippen molar-refractivity contribution < 1.29 is 14.3 Å². The number of nitrogens with zero attached hydrogens (tertiary/aromatic N) is 1. The number of nitrogens with one attached hydrogen (secondary N) is 1. The molecule has 1 amide bonds. The van der Waals surface area contributed by atoms with Crippen molar-refractivity contribution in [3.05, 3.63) is 28.8 Å². The number of hydrogen-bond acceptors (Lipinski definition) is 4. The summed E-state index contributed by atoms with van der Waals surface area (Å²) < 4.78 is 5.40. The molecule has 2 rings (SSSR count). The maximum absolute atomic E-state index is 12.0. The minimum absolute atomic E-state index is 0.197. The summed E-state index contributed by atoms with van der Waals surface area (Å²) in [5, 5.41) is 12.3. The number of nitriles is 1. The molecule has 5 nitrogen and oxygen atoms in total. The molecule has 0 spiro atoms. The highest BCUT2D eigenvalue weighted by molar-refractivity contribution is 6.31. The van der Waals surface area contributed by atoms with Gasteiger partial charge in [0.15, 0.2) is 12.4 Å². The molecule has 0 radical (unpaired) electrons. The summed E-state index contributed by atoms with van der Waals surface area (Å²) in [6.45, 7) is 2.86. The van der Waals surface area contributed by atoms with E-state index in [9.17, 15) is 14.9 Å². The normalized spacial score (nSPS) is 16.3. The average molecular weight is 321 g/mol. The number of halogens is 1. The molecule has 1 atom stereocenters. The van der Waals surface area contributed by atoms with Gasteiger partial charge in [-0.2, -0.15) is 5.26 Å². The molecule has 116 valence electrons. The second kappa shape index (κ2) is 6.37. The lowest BCUT2D eigenvalue weighted by Gasteiger charge is -2.23. The summed E-state index contributed by atoms with van der Waals surface area (Å²) >= 11 is 5.85. The van der Waals surface area contributed by atoms with Gasteiger partial charge < -0.3 is 10.1 Å². The number of carbonyl (C=O) groups is 2. The summed E-state index contributed by atoms with van der Waals surface area (Å²) in [7, 11) is 0. The van der Waals surface area contributed by atoms with Crippen LogP contribution in [0.5, 0.6) is 5.75 Å². The number of ketones is 1. The van der Waals surface area contributed by atoms with Crippen LogP contribution >= 0.6 is 11.6 Å². The molecule has 1 aliphatic rings. The van der Waals surface area contributed by atoms with Crippen molar-refractivity contribution in [2.24, 2.45) is 5.92 Å². The number of rotatable bonds is 6. The fraction of sp³-hybridized carbons (Fsp3) is 0.438. The SMILES string of the molecule is CC(=O)c1cc(Cl)ccc1OCC(=O)N[C@](C)(C#N)C1CC1. The highest BCUT2D eigenvalue weighted by Gasteiger charge is 2.43. The van der Waals surface area contributed by atoms with Crippen LogP contribution in [-0.2, 0) is 4.79 Å². The van der Waals surface area contributed by atoms with Crippen LogP contribution in [0.25, 0.3) is 0 Å². The van der Waals surface area contributed by atoms with Gasteiger partial charge in [0.05, 0.1) is 11.6 Å². The molecule has 0 heterocycles. The van der Waals surface area contributed by atoms with Gasteiger partial charge in [-0.3, -0.25) is 9.59 Å². The first-order valence-electron chi connectivity index (χ1n) is 7.01. The van der Waals surface area contributed by atoms with Gasteiger partial charge in [-0.05, 0) is 50.8 Å². The second-order valence-electron chi connectivity index (χ2n) is 5.62. The summed E-state index contributed by atoms with van der Waals surface area (Å²) in [6.07, 6.45) is 1.88. The van der Waals surface area contributed by atoms with E-state index in [0.29, 0.717) is 16.3 Å². The van der Waals surface area contributed by atoms with Gasteiger partial charge >= 0.3 is 0 Å². The monoisotopic (exact) mass is 320 g/mol. The van der Waals surface area contributed by atoms with E-state index < -0.39 is 5.54 Å². The molecule has 0 bridgehead atoms. The summed E-state index contributed by atoms with van der Waals surface area (Å²) in [6, 6.07) is 6.79. The van der Waals surface area contributed by atoms with Crippen LogP contribution in [0, 0.1) is 17.2 Å². The Labute approximate surface area is 134 Å². The molecule has 1 aliphatic carbocycles. The smallest absolute Gasteiger partial charge is 0.259 e. The predicted molar refractivity (Wildman–Crippen MR) is 81.8 cm³/mol. The second-order valence-corrected chi connectivity index (χ2v) is 6.06. The molecule has 1 fully saturated rings. The molecule has 0 saturated heterocycles. The largest absolute Gasteiger partial charge is 0.483 e. The molecule has 6 heteroatoms. The third-order valence-corrected chi connectivity index (χ3v) is 3.94. The van der Waals surface area contributed by atoms with Crippen LogP contribution in [0.1, 0.15) is 37.0 Å². The quantitative estimate of drug-likeness (QED) is 0.817. The van der Waals surface area contributed by atoms with Gasteiger partial charge in [0.1, 0.15) is 11.3 Å². The number of amides is 1. The topological polar surface area (TPSA) is 79.2 Å². The molecule has 1 aromatic carbocycles. The van der Waals surface area contributed by atoms with E-state index in [0.717, 1.165) is 12.8 Å². The lowest BCUT2D eigenvalue weighted by atomic mass is 9.98. The van der Waals surface area contributed by atoms with Crippen molar-refractivity contribution >= 4 is 23.3 Å². The molecular formula is C16H17ClN2O3. The van der Waals surface area contributed by atoms with Crippen molar-refractivity contribution in [1.82, 2.24) is 5.32 Å². The van der Waals surface area contributed by atoms with Gasteiger partial charge in [0, 0.05) is 5.02 Å². The minimum atomic E-state index is -0.857. The third-order valence-electron chi connectivity index (χ3n) is 3.70. The Kier molecular flexibility index (Phi) is 4.72. The van der Waals surface area contributed by atoms with Crippen LogP contribution in [0.4, 0.5) is 0 Å². The first-order chi connectivity index (χ1) is 10.4. The predicted octanol–water partition coefficient (Wildman–Crippen LogP) is 2.73. The lowest BCUT2D eigenvalue weighted by Crippen LogP contribution is -2.48. The van der Waals surface area contributed by atoms with E-state index in [1.54, 1.807) is 19.1 Å². The van der Waals surface area contributed by atoms with E-state index >= 15 is 0 Å². The van der Waals surface area contributed by atoms with Crippen molar-refractivity contribution in [3.8, 4) is 11.8 Å². The minimum Gasteiger partial charge on any atom is -0.483 e. The molecule has 1 N–H and O–H groups in total. The Balaban J connectivity index is 2.00. The number of Topliss-reactive ketones (excluding diaryl/α,β-unsaturated/α-hetero) is 1. The van der Waals surface area contributed by atoms with Crippen molar-refractivity contribution in [2.75, 3.05) is 6.61 Å². The Bertz CT molecular complexity index is 649. The zero-order chi connectivity index (χ0) is 16.3. The van der Waals surface area contributed by atoms with Crippen molar-refractivity contribution in [2.45, 2.75) is 32.2 Å². The number of benzene rings is 1. The summed E-state index contributed by atoms with van der Waals surface area (Å²) in [4.78, 5) is 23.5. The number of carbonyl (C=O) groups excluding carboxylic acids is 2. The summed E-state index contributed by atoms with van der Waals surface area (Å²) in [5.41, 5.74) is -0.533.